The van der Waals surface area contributed by atoms with Gasteiger partial charge in [-0.3, -0.25) is 13.9 Å². The fourth-order valence-corrected chi connectivity index (χ4v) is 5.99. The number of sulfonamides is 1. The minimum Gasteiger partial charge on any atom is -0.497 e. The van der Waals surface area contributed by atoms with Gasteiger partial charge < -0.3 is 24.4 Å². The second-order valence-electron chi connectivity index (χ2n) is 9.95. The number of anilines is 1. The molecule has 0 heterocycles. The molecule has 3 aromatic rings. The van der Waals surface area contributed by atoms with Crippen LogP contribution in [-0.4, -0.2) is 65.6 Å². The standard InChI is InChI=1S/C32H41N3O7S/c1-7-19-33-32(37)28(8-2)34(21-24-11-15-26(40-4)16-12-24)31(36)22-35(25-13-9-23(3)10-14-25)43(38,39)27-17-18-29(41-5)30(20-27)42-6/h9-18,20,28H,7-8,19,21-22H2,1-6H3,(H,33,37)/t28-/m0/s1. The zero-order valence-corrected chi connectivity index (χ0v) is 26.4. The molecule has 1 N–H and O–H groups in total. The number of nitrogens with zero attached hydrogens (tertiary/aromatic N) is 2. The van der Waals surface area contributed by atoms with E-state index in [0.717, 1.165) is 21.9 Å². The quantitative estimate of drug-likeness (QED) is 0.268. The van der Waals surface area contributed by atoms with E-state index >= 15 is 0 Å². The topological polar surface area (TPSA) is 114 Å². The van der Waals surface area contributed by atoms with Gasteiger partial charge in [-0.2, -0.15) is 0 Å². The van der Waals surface area contributed by atoms with E-state index in [9.17, 15) is 18.0 Å². The number of rotatable bonds is 15. The zero-order valence-electron chi connectivity index (χ0n) is 25.6. The third-order valence-electron chi connectivity index (χ3n) is 6.99. The first-order valence-electron chi connectivity index (χ1n) is 14.1. The summed E-state index contributed by atoms with van der Waals surface area (Å²) in [6.45, 7) is 5.68. The Bertz CT molecular complexity index is 1480. The van der Waals surface area contributed by atoms with Crippen LogP contribution in [0.4, 0.5) is 5.69 Å². The molecule has 0 fully saturated rings. The van der Waals surface area contributed by atoms with Crippen LogP contribution in [0.1, 0.15) is 37.8 Å². The lowest BCUT2D eigenvalue weighted by atomic mass is 10.1. The second-order valence-corrected chi connectivity index (χ2v) is 11.8. The third kappa shape index (κ3) is 8.19. The number of carbonyl (C=O) groups is 2. The zero-order chi connectivity index (χ0) is 31.6. The van der Waals surface area contributed by atoms with Gasteiger partial charge in [-0.1, -0.05) is 43.7 Å². The van der Waals surface area contributed by atoms with Crippen molar-refractivity contribution in [2.45, 2.75) is 51.1 Å². The van der Waals surface area contributed by atoms with Crippen molar-refractivity contribution in [3.05, 3.63) is 77.9 Å². The van der Waals surface area contributed by atoms with E-state index in [1.807, 2.05) is 32.9 Å². The fourth-order valence-electron chi connectivity index (χ4n) is 4.56. The van der Waals surface area contributed by atoms with E-state index in [4.69, 9.17) is 14.2 Å². The summed E-state index contributed by atoms with van der Waals surface area (Å²) in [6.07, 6.45) is 1.07. The van der Waals surface area contributed by atoms with Gasteiger partial charge in [-0.05, 0) is 61.7 Å². The largest absolute Gasteiger partial charge is 0.497 e. The van der Waals surface area contributed by atoms with E-state index < -0.39 is 28.5 Å². The lowest BCUT2D eigenvalue weighted by Gasteiger charge is -2.33. The molecule has 0 saturated heterocycles. The van der Waals surface area contributed by atoms with Crippen LogP contribution in [0, 0.1) is 6.92 Å². The maximum atomic E-state index is 14.2. The molecule has 43 heavy (non-hydrogen) atoms. The predicted octanol–water partition coefficient (Wildman–Crippen LogP) is 4.55. The van der Waals surface area contributed by atoms with Crippen molar-refractivity contribution in [1.82, 2.24) is 10.2 Å². The minimum atomic E-state index is -4.27. The summed E-state index contributed by atoms with van der Waals surface area (Å²) in [5.41, 5.74) is 2.00. The number of methoxy groups -OCH3 is 3. The average Bonchev–Trinajstić information content (AvgIpc) is 3.02. The van der Waals surface area contributed by atoms with Gasteiger partial charge in [0.05, 0.1) is 31.9 Å². The number of hydrogen-bond donors (Lipinski definition) is 1. The van der Waals surface area contributed by atoms with E-state index in [0.29, 0.717) is 30.2 Å². The Morgan fingerprint density at radius 3 is 2.07 bits per heavy atom. The molecular formula is C32H41N3O7S. The van der Waals surface area contributed by atoms with Gasteiger partial charge in [0.2, 0.25) is 11.8 Å². The molecule has 10 nitrogen and oxygen atoms in total. The van der Waals surface area contributed by atoms with Crippen LogP contribution in [0.15, 0.2) is 71.6 Å². The molecule has 11 heteroatoms. The highest BCUT2D eigenvalue weighted by atomic mass is 32.2. The SMILES string of the molecule is CCCNC(=O)[C@H](CC)N(Cc1ccc(OC)cc1)C(=O)CN(c1ccc(C)cc1)S(=O)(=O)c1ccc(OC)c(OC)c1. The Labute approximate surface area is 254 Å². The monoisotopic (exact) mass is 611 g/mol. The number of ether oxygens (including phenoxy) is 3. The number of amides is 2. The first-order valence-corrected chi connectivity index (χ1v) is 15.5. The summed E-state index contributed by atoms with van der Waals surface area (Å²) in [7, 11) is 0.173. The molecule has 3 rings (SSSR count). The predicted molar refractivity (Wildman–Crippen MR) is 166 cm³/mol. The van der Waals surface area contributed by atoms with Gasteiger partial charge in [0, 0.05) is 19.2 Å². The highest BCUT2D eigenvalue weighted by Gasteiger charge is 2.34. The lowest BCUT2D eigenvalue weighted by molar-refractivity contribution is -0.140. The van der Waals surface area contributed by atoms with E-state index in [-0.39, 0.29) is 23.1 Å². The van der Waals surface area contributed by atoms with Gasteiger partial charge in [0.25, 0.3) is 10.0 Å². The lowest BCUT2D eigenvalue weighted by Crippen LogP contribution is -2.52. The van der Waals surface area contributed by atoms with Gasteiger partial charge in [-0.15, -0.1) is 0 Å². The molecule has 2 amide bonds. The number of aryl methyl sites for hydroxylation is 1. The fraction of sp³-hybridized carbons (Fsp3) is 0.375. The molecule has 0 spiro atoms. The molecule has 3 aromatic carbocycles. The van der Waals surface area contributed by atoms with Crippen molar-refractivity contribution in [3.63, 3.8) is 0 Å². The highest BCUT2D eigenvalue weighted by molar-refractivity contribution is 7.92. The Kier molecular flexibility index (Phi) is 11.8. The van der Waals surface area contributed by atoms with Gasteiger partial charge >= 0.3 is 0 Å². The van der Waals surface area contributed by atoms with Crippen LogP contribution < -0.4 is 23.8 Å². The van der Waals surface area contributed by atoms with Crippen LogP contribution in [0.2, 0.25) is 0 Å². The maximum absolute atomic E-state index is 14.2. The average molecular weight is 612 g/mol. The molecule has 232 valence electrons. The number of nitrogens with one attached hydrogen (secondary N) is 1. The number of benzene rings is 3. The Morgan fingerprint density at radius 2 is 1.51 bits per heavy atom. The summed E-state index contributed by atoms with van der Waals surface area (Å²) in [5.74, 6) is 0.434. The molecule has 0 aliphatic rings. The van der Waals surface area contributed by atoms with Crippen LogP contribution in [0.3, 0.4) is 0 Å². The van der Waals surface area contributed by atoms with Crippen LogP contribution >= 0.6 is 0 Å². The number of hydrogen-bond acceptors (Lipinski definition) is 7. The van der Waals surface area contributed by atoms with Crippen molar-refractivity contribution in [3.8, 4) is 17.2 Å². The van der Waals surface area contributed by atoms with Gasteiger partial charge in [-0.25, -0.2) is 8.42 Å². The van der Waals surface area contributed by atoms with Crippen molar-refractivity contribution in [1.29, 1.82) is 0 Å². The molecule has 0 aliphatic heterocycles. The molecule has 0 saturated carbocycles. The Balaban J connectivity index is 2.08. The second kappa shape index (κ2) is 15.3. The number of carbonyl (C=O) groups excluding carboxylic acids is 2. The van der Waals surface area contributed by atoms with Crippen molar-refractivity contribution < 1.29 is 32.2 Å². The Morgan fingerprint density at radius 1 is 0.860 bits per heavy atom. The molecule has 0 bridgehead atoms. The molecule has 0 aromatic heterocycles. The van der Waals surface area contributed by atoms with Crippen LogP contribution in [0.5, 0.6) is 17.2 Å². The molecule has 0 aliphatic carbocycles. The normalized spacial score (nSPS) is 11.8. The summed E-state index contributed by atoms with van der Waals surface area (Å²) in [4.78, 5) is 28.8. The molecule has 0 radical (unpaired) electrons. The third-order valence-corrected chi connectivity index (χ3v) is 8.76. The van der Waals surface area contributed by atoms with Gasteiger partial charge in [0.1, 0.15) is 18.3 Å². The first kappa shape index (κ1) is 33.3. The van der Waals surface area contributed by atoms with Crippen LogP contribution in [0.25, 0.3) is 0 Å². The van der Waals surface area contributed by atoms with Crippen molar-refractivity contribution in [2.24, 2.45) is 0 Å². The summed E-state index contributed by atoms with van der Waals surface area (Å²) >= 11 is 0. The molecular weight excluding hydrogens is 570 g/mol. The smallest absolute Gasteiger partial charge is 0.264 e. The minimum absolute atomic E-state index is 0.0760. The maximum Gasteiger partial charge on any atom is 0.264 e. The molecule has 1 atom stereocenters. The summed E-state index contributed by atoms with van der Waals surface area (Å²) in [6, 6.07) is 17.5. The highest BCUT2D eigenvalue weighted by Crippen LogP contribution is 2.32. The van der Waals surface area contributed by atoms with E-state index in [1.165, 1.54) is 37.3 Å². The van der Waals surface area contributed by atoms with Crippen molar-refractivity contribution in [2.75, 3.05) is 38.7 Å². The summed E-state index contributed by atoms with van der Waals surface area (Å²) < 4.78 is 45.2. The Hall–Kier alpha value is -4.25. The van der Waals surface area contributed by atoms with Crippen LogP contribution in [-0.2, 0) is 26.2 Å². The van der Waals surface area contributed by atoms with E-state index in [2.05, 4.69) is 5.32 Å². The van der Waals surface area contributed by atoms with Gasteiger partial charge in [0.15, 0.2) is 11.5 Å². The van der Waals surface area contributed by atoms with Crippen molar-refractivity contribution >= 4 is 27.5 Å². The van der Waals surface area contributed by atoms with E-state index in [1.54, 1.807) is 43.5 Å². The first-order chi connectivity index (χ1) is 20.6. The summed E-state index contributed by atoms with van der Waals surface area (Å²) in [5, 5.41) is 2.88. The molecule has 0 unspecified atom stereocenters.